The van der Waals surface area contributed by atoms with Crippen molar-refractivity contribution in [1.29, 1.82) is 0 Å². The predicted molar refractivity (Wildman–Crippen MR) is 76.2 cm³/mol. The second-order valence-corrected chi connectivity index (χ2v) is 4.87. The fourth-order valence-corrected chi connectivity index (χ4v) is 2.57. The molecular weight excluding hydrogens is 238 g/mol. The van der Waals surface area contributed by atoms with E-state index in [-0.39, 0.29) is 5.78 Å². The van der Waals surface area contributed by atoms with E-state index in [2.05, 4.69) is 14.9 Å². The van der Waals surface area contributed by atoms with Gasteiger partial charge in [-0.15, -0.1) is 0 Å². The van der Waals surface area contributed by atoms with Crippen molar-refractivity contribution in [3.63, 3.8) is 0 Å². The summed E-state index contributed by atoms with van der Waals surface area (Å²) in [7, 11) is 0. The number of aliphatic imine (C=N–C) groups is 2. The largest absolute Gasteiger partial charge is 0.312 e. The molecule has 2 aliphatic heterocycles. The lowest BCUT2D eigenvalue weighted by Gasteiger charge is -2.27. The van der Waals surface area contributed by atoms with Crippen LogP contribution < -0.4 is 0 Å². The quantitative estimate of drug-likeness (QED) is 0.830. The average Bonchev–Trinajstić information content (AvgIpc) is 2.89. The Morgan fingerprint density at radius 1 is 1.37 bits per heavy atom. The number of benzene rings is 1. The summed E-state index contributed by atoms with van der Waals surface area (Å²) in [5.74, 6) is 2.09. The summed E-state index contributed by atoms with van der Waals surface area (Å²) in [6, 6.07) is 8.00. The number of carbonyl (C=O) groups is 1. The standard InChI is InChI=1S/C15H17N3O/c1-2-5-11(19)10-14-17-13-7-4-3-6-12(13)15-16-8-9-18(14)15/h3-4,6-7H,2,5,8-10H2,1H3. The molecule has 0 spiro atoms. The van der Waals surface area contributed by atoms with Crippen LogP contribution in [-0.4, -0.2) is 35.4 Å². The highest BCUT2D eigenvalue weighted by atomic mass is 16.1. The molecule has 0 amide bonds. The number of carbonyl (C=O) groups excluding carboxylic acids is 1. The van der Waals surface area contributed by atoms with Crippen molar-refractivity contribution >= 4 is 23.1 Å². The number of para-hydroxylation sites is 1. The molecule has 0 radical (unpaired) electrons. The molecule has 3 rings (SSSR count). The molecule has 0 N–H and O–H groups in total. The molecule has 4 nitrogen and oxygen atoms in total. The molecule has 1 aromatic carbocycles. The zero-order valence-corrected chi connectivity index (χ0v) is 11.1. The minimum Gasteiger partial charge on any atom is -0.312 e. The molecule has 0 saturated carbocycles. The zero-order valence-electron chi connectivity index (χ0n) is 11.1. The summed E-state index contributed by atoms with van der Waals surface area (Å²) < 4.78 is 0. The number of ketones is 1. The lowest BCUT2D eigenvalue weighted by Crippen LogP contribution is -2.38. The van der Waals surface area contributed by atoms with Gasteiger partial charge in [0.2, 0.25) is 0 Å². The Hall–Kier alpha value is -1.97. The Labute approximate surface area is 112 Å². The summed E-state index contributed by atoms with van der Waals surface area (Å²) in [5.41, 5.74) is 2.00. The third-order valence-corrected chi connectivity index (χ3v) is 3.43. The van der Waals surface area contributed by atoms with Gasteiger partial charge >= 0.3 is 0 Å². The molecule has 19 heavy (non-hydrogen) atoms. The second-order valence-electron chi connectivity index (χ2n) is 4.87. The van der Waals surface area contributed by atoms with Gasteiger partial charge in [0.05, 0.1) is 18.7 Å². The number of rotatable bonds is 4. The third-order valence-electron chi connectivity index (χ3n) is 3.43. The van der Waals surface area contributed by atoms with Crippen LogP contribution >= 0.6 is 0 Å². The van der Waals surface area contributed by atoms with Crippen molar-refractivity contribution in [3.05, 3.63) is 29.8 Å². The topological polar surface area (TPSA) is 45.0 Å². The maximum Gasteiger partial charge on any atom is 0.140 e. The van der Waals surface area contributed by atoms with E-state index in [1.54, 1.807) is 0 Å². The Kier molecular flexibility index (Phi) is 3.15. The number of nitrogens with zero attached hydrogens (tertiary/aromatic N) is 3. The number of hydrogen-bond donors (Lipinski definition) is 0. The highest BCUT2D eigenvalue weighted by Gasteiger charge is 2.29. The first kappa shape index (κ1) is 12.1. The molecule has 0 unspecified atom stereocenters. The van der Waals surface area contributed by atoms with Gasteiger partial charge in [0, 0.05) is 18.5 Å². The first-order valence-electron chi connectivity index (χ1n) is 6.80. The summed E-state index contributed by atoms with van der Waals surface area (Å²) >= 11 is 0. The van der Waals surface area contributed by atoms with E-state index < -0.39 is 0 Å². The Bertz CT molecular complexity index is 575. The molecular formula is C15H17N3O. The molecule has 2 aliphatic rings. The summed E-state index contributed by atoms with van der Waals surface area (Å²) in [6.45, 7) is 3.64. The lowest BCUT2D eigenvalue weighted by atomic mass is 10.1. The third kappa shape index (κ3) is 2.18. The van der Waals surface area contributed by atoms with Gasteiger partial charge in [0.25, 0.3) is 0 Å². The van der Waals surface area contributed by atoms with Crippen LogP contribution in [0.2, 0.25) is 0 Å². The van der Waals surface area contributed by atoms with E-state index in [0.717, 1.165) is 42.4 Å². The predicted octanol–water partition coefficient (Wildman–Crippen LogP) is 2.55. The zero-order chi connectivity index (χ0) is 13.2. The summed E-state index contributed by atoms with van der Waals surface area (Å²) in [4.78, 5) is 23.2. The molecule has 98 valence electrons. The van der Waals surface area contributed by atoms with Crippen LogP contribution in [0.5, 0.6) is 0 Å². The number of Topliss-reactive ketones (excluding diaryl/α,β-unsaturated/α-hetero) is 1. The average molecular weight is 255 g/mol. The van der Waals surface area contributed by atoms with Crippen LogP contribution in [0, 0.1) is 0 Å². The normalized spacial score (nSPS) is 16.6. The molecule has 0 aliphatic carbocycles. The Morgan fingerprint density at radius 2 is 2.21 bits per heavy atom. The van der Waals surface area contributed by atoms with Gasteiger partial charge in [-0.2, -0.15) is 0 Å². The van der Waals surface area contributed by atoms with Gasteiger partial charge in [0.15, 0.2) is 0 Å². The highest BCUT2D eigenvalue weighted by molar-refractivity contribution is 6.19. The van der Waals surface area contributed by atoms with Crippen molar-refractivity contribution in [3.8, 4) is 0 Å². The van der Waals surface area contributed by atoms with Crippen LogP contribution in [0.4, 0.5) is 5.69 Å². The summed E-state index contributed by atoms with van der Waals surface area (Å²) in [5, 5.41) is 0. The van der Waals surface area contributed by atoms with Crippen molar-refractivity contribution in [1.82, 2.24) is 4.90 Å². The number of amidine groups is 2. The minimum absolute atomic E-state index is 0.256. The molecule has 0 saturated heterocycles. The maximum absolute atomic E-state index is 11.9. The molecule has 0 fully saturated rings. The Morgan fingerprint density at radius 3 is 3.05 bits per heavy atom. The number of fused-ring (bicyclic) bond motifs is 3. The van der Waals surface area contributed by atoms with E-state index in [0.29, 0.717) is 12.8 Å². The van der Waals surface area contributed by atoms with Crippen LogP contribution in [-0.2, 0) is 4.79 Å². The van der Waals surface area contributed by atoms with Gasteiger partial charge < -0.3 is 4.90 Å². The van der Waals surface area contributed by atoms with Gasteiger partial charge in [-0.1, -0.05) is 19.1 Å². The Balaban J connectivity index is 1.95. The van der Waals surface area contributed by atoms with Crippen molar-refractivity contribution in [2.24, 2.45) is 9.98 Å². The van der Waals surface area contributed by atoms with Crippen molar-refractivity contribution < 1.29 is 4.79 Å². The number of hydrogen-bond acceptors (Lipinski definition) is 4. The molecule has 0 aromatic heterocycles. The molecule has 4 heteroatoms. The second kappa shape index (κ2) is 4.96. The van der Waals surface area contributed by atoms with Gasteiger partial charge in [-0.25, -0.2) is 4.99 Å². The van der Waals surface area contributed by atoms with E-state index in [9.17, 15) is 4.79 Å². The van der Waals surface area contributed by atoms with E-state index in [4.69, 9.17) is 0 Å². The van der Waals surface area contributed by atoms with Crippen LogP contribution in [0.1, 0.15) is 31.7 Å². The van der Waals surface area contributed by atoms with Crippen LogP contribution in [0.3, 0.4) is 0 Å². The lowest BCUT2D eigenvalue weighted by molar-refractivity contribution is -0.118. The first-order valence-corrected chi connectivity index (χ1v) is 6.80. The monoisotopic (exact) mass is 255 g/mol. The van der Waals surface area contributed by atoms with E-state index >= 15 is 0 Å². The fourth-order valence-electron chi connectivity index (χ4n) is 2.57. The fraction of sp³-hybridized carbons (Fsp3) is 0.400. The minimum atomic E-state index is 0.256. The molecule has 2 heterocycles. The molecule has 0 atom stereocenters. The van der Waals surface area contributed by atoms with E-state index in [1.165, 1.54) is 0 Å². The maximum atomic E-state index is 11.9. The summed E-state index contributed by atoms with van der Waals surface area (Å²) in [6.07, 6.45) is 1.94. The van der Waals surface area contributed by atoms with Crippen molar-refractivity contribution in [2.75, 3.05) is 13.1 Å². The molecule has 0 bridgehead atoms. The first-order chi connectivity index (χ1) is 9.29. The van der Waals surface area contributed by atoms with Gasteiger partial charge in [-0.05, 0) is 18.6 Å². The van der Waals surface area contributed by atoms with Crippen LogP contribution in [0.15, 0.2) is 34.3 Å². The van der Waals surface area contributed by atoms with E-state index in [1.807, 2.05) is 31.2 Å². The van der Waals surface area contributed by atoms with Crippen molar-refractivity contribution in [2.45, 2.75) is 26.2 Å². The smallest absolute Gasteiger partial charge is 0.140 e. The highest BCUT2D eigenvalue weighted by Crippen LogP contribution is 2.29. The SMILES string of the molecule is CCCC(=O)CC1=Nc2ccccc2C2=NCCN12. The van der Waals surface area contributed by atoms with Gasteiger partial charge in [0.1, 0.15) is 17.5 Å². The van der Waals surface area contributed by atoms with Gasteiger partial charge in [-0.3, -0.25) is 9.79 Å². The van der Waals surface area contributed by atoms with Crippen LogP contribution in [0.25, 0.3) is 0 Å². The molecule has 1 aromatic rings.